The summed E-state index contributed by atoms with van der Waals surface area (Å²) in [5.41, 5.74) is 1.01. The number of benzene rings is 1. The molecule has 0 saturated carbocycles. The zero-order valence-corrected chi connectivity index (χ0v) is 13.3. The van der Waals surface area contributed by atoms with Crippen LogP contribution in [0.2, 0.25) is 5.02 Å². The SMILES string of the molecule is CCCNC(c1ccc(Cl)c(OC)c1)C1(C)CCCO1. The minimum atomic E-state index is -0.159. The third kappa shape index (κ3) is 3.27. The third-order valence-electron chi connectivity index (χ3n) is 3.97. The molecule has 3 nitrogen and oxygen atoms in total. The average Bonchev–Trinajstić information content (AvgIpc) is 2.88. The van der Waals surface area contributed by atoms with Gasteiger partial charge >= 0.3 is 0 Å². The molecule has 2 unspecified atom stereocenters. The van der Waals surface area contributed by atoms with Crippen molar-refractivity contribution in [3.8, 4) is 5.75 Å². The predicted octanol–water partition coefficient (Wildman–Crippen LogP) is 3.96. The van der Waals surface area contributed by atoms with E-state index < -0.39 is 0 Å². The lowest BCUT2D eigenvalue weighted by Crippen LogP contribution is -2.41. The first-order valence-electron chi connectivity index (χ1n) is 7.31. The Hall–Kier alpha value is -0.770. The lowest BCUT2D eigenvalue weighted by Gasteiger charge is -2.34. The number of ether oxygens (including phenoxy) is 2. The summed E-state index contributed by atoms with van der Waals surface area (Å²) in [7, 11) is 1.65. The summed E-state index contributed by atoms with van der Waals surface area (Å²) in [5.74, 6) is 0.717. The summed E-state index contributed by atoms with van der Waals surface area (Å²) in [5, 5.41) is 4.26. The number of halogens is 1. The standard InChI is InChI=1S/C16H24ClNO2/c1-4-9-18-15(16(2)8-5-10-20-16)12-6-7-13(17)14(11-12)19-3/h6-7,11,15,18H,4-5,8-10H2,1-3H3. The highest BCUT2D eigenvalue weighted by molar-refractivity contribution is 6.32. The van der Waals surface area contributed by atoms with Crippen molar-refractivity contribution in [1.29, 1.82) is 0 Å². The molecule has 0 aliphatic carbocycles. The number of rotatable bonds is 6. The summed E-state index contributed by atoms with van der Waals surface area (Å²) in [6.07, 6.45) is 3.28. The fourth-order valence-electron chi connectivity index (χ4n) is 2.86. The molecule has 20 heavy (non-hydrogen) atoms. The van der Waals surface area contributed by atoms with Crippen molar-refractivity contribution in [3.05, 3.63) is 28.8 Å². The Kier molecular flexibility index (Phi) is 5.30. The van der Waals surface area contributed by atoms with E-state index in [1.165, 1.54) is 5.56 Å². The van der Waals surface area contributed by atoms with Gasteiger partial charge in [-0.3, -0.25) is 0 Å². The Morgan fingerprint density at radius 2 is 2.30 bits per heavy atom. The molecule has 112 valence electrons. The van der Waals surface area contributed by atoms with Crippen LogP contribution in [0.1, 0.15) is 44.7 Å². The van der Waals surface area contributed by atoms with Crippen LogP contribution < -0.4 is 10.1 Å². The second kappa shape index (κ2) is 6.79. The monoisotopic (exact) mass is 297 g/mol. The molecule has 0 spiro atoms. The molecule has 1 aromatic carbocycles. The number of methoxy groups -OCH3 is 1. The molecular weight excluding hydrogens is 274 g/mol. The lowest BCUT2D eigenvalue weighted by atomic mass is 9.87. The van der Waals surface area contributed by atoms with Crippen molar-refractivity contribution < 1.29 is 9.47 Å². The summed E-state index contributed by atoms with van der Waals surface area (Å²) < 4.78 is 11.4. The highest BCUT2D eigenvalue weighted by Crippen LogP contribution is 2.39. The Morgan fingerprint density at radius 3 is 2.90 bits per heavy atom. The van der Waals surface area contributed by atoms with Gasteiger partial charge in [0.05, 0.1) is 23.8 Å². The molecule has 0 amide bonds. The van der Waals surface area contributed by atoms with Gasteiger partial charge in [-0.25, -0.2) is 0 Å². The molecular formula is C16H24ClNO2. The van der Waals surface area contributed by atoms with Crippen molar-refractivity contribution in [1.82, 2.24) is 5.32 Å². The van der Waals surface area contributed by atoms with Gasteiger partial charge in [0.25, 0.3) is 0 Å². The van der Waals surface area contributed by atoms with Crippen molar-refractivity contribution in [2.45, 2.75) is 44.8 Å². The van der Waals surface area contributed by atoms with E-state index in [0.717, 1.165) is 32.4 Å². The van der Waals surface area contributed by atoms with Crippen molar-refractivity contribution in [2.24, 2.45) is 0 Å². The zero-order chi connectivity index (χ0) is 14.6. The van der Waals surface area contributed by atoms with Crippen LogP contribution in [0.4, 0.5) is 0 Å². The first-order valence-corrected chi connectivity index (χ1v) is 7.69. The van der Waals surface area contributed by atoms with E-state index in [0.29, 0.717) is 10.8 Å². The number of hydrogen-bond donors (Lipinski definition) is 1. The summed E-state index contributed by atoms with van der Waals surface area (Å²) in [4.78, 5) is 0. The first kappa shape index (κ1) is 15.6. The molecule has 1 aliphatic rings. The van der Waals surface area contributed by atoms with Gasteiger partial charge in [0, 0.05) is 6.61 Å². The summed E-state index contributed by atoms with van der Waals surface area (Å²) in [6.45, 7) is 6.17. The molecule has 1 N–H and O–H groups in total. The molecule has 0 bridgehead atoms. The largest absolute Gasteiger partial charge is 0.495 e. The van der Waals surface area contributed by atoms with E-state index >= 15 is 0 Å². The van der Waals surface area contributed by atoms with Gasteiger partial charge in [-0.15, -0.1) is 0 Å². The Balaban J connectivity index is 2.30. The fourth-order valence-corrected chi connectivity index (χ4v) is 3.05. The van der Waals surface area contributed by atoms with Crippen LogP contribution in [-0.4, -0.2) is 25.9 Å². The van der Waals surface area contributed by atoms with Gasteiger partial charge in [-0.2, -0.15) is 0 Å². The van der Waals surface area contributed by atoms with E-state index in [4.69, 9.17) is 21.1 Å². The maximum Gasteiger partial charge on any atom is 0.137 e. The smallest absolute Gasteiger partial charge is 0.137 e. The molecule has 1 saturated heterocycles. The Bertz CT molecular complexity index is 444. The summed E-state index contributed by atoms with van der Waals surface area (Å²) >= 11 is 6.12. The van der Waals surface area contributed by atoms with E-state index in [2.05, 4.69) is 25.2 Å². The number of nitrogens with one attached hydrogen (secondary N) is 1. The molecule has 0 radical (unpaired) electrons. The van der Waals surface area contributed by atoms with Crippen LogP contribution in [0.3, 0.4) is 0 Å². The quantitative estimate of drug-likeness (QED) is 0.862. The number of hydrogen-bond acceptors (Lipinski definition) is 3. The molecule has 2 atom stereocenters. The molecule has 1 heterocycles. The molecule has 4 heteroatoms. The van der Waals surface area contributed by atoms with Crippen LogP contribution in [0.5, 0.6) is 5.75 Å². The Morgan fingerprint density at radius 1 is 1.50 bits per heavy atom. The van der Waals surface area contributed by atoms with E-state index in [-0.39, 0.29) is 11.6 Å². The normalized spacial score (nSPS) is 23.8. The summed E-state index contributed by atoms with van der Waals surface area (Å²) in [6, 6.07) is 6.14. The van der Waals surface area contributed by atoms with Gasteiger partial charge in [0.1, 0.15) is 5.75 Å². The molecule has 1 fully saturated rings. The van der Waals surface area contributed by atoms with Crippen molar-refractivity contribution in [3.63, 3.8) is 0 Å². The molecule has 1 aromatic rings. The van der Waals surface area contributed by atoms with E-state index in [1.54, 1.807) is 7.11 Å². The second-order valence-electron chi connectivity index (χ2n) is 5.55. The maximum absolute atomic E-state index is 6.12. The third-order valence-corrected chi connectivity index (χ3v) is 4.28. The predicted molar refractivity (Wildman–Crippen MR) is 82.6 cm³/mol. The molecule has 2 rings (SSSR count). The zero-order valence-electron chi connectivity index (χ0n) is 12.5. The second-order valence-corrected chi connectivity index (χ2v) is 5.95. The topological polar surface area (TPSA) is 30.5 Å². The molecule has 1 aliphatic heterocycles. The van der Waals surface area contributed by atoms with E-state index in [1.807, 2.05) is 12.1 Å². The van der Waals surface area contributed by atoms with Crippen LogP contribution in [0.25, 0.3) is 0 Å². The minimum Gasteiger partial charge on any atom is -0.495 e. The van der Waals surface area contributed by atoms with Gasteiger partial charge in [-0.1, -0.05) is 24.6 Å². The maximum atomic E-state index is 6.12. The van der Waals surface area contributed by atoms with Crippen LogP contribution in [0, 0.1) is 0 Å². The van der Waals surface area contributed by atoms with Gasteiger partial charge < -0.3 is 14.8 Å². The van der Waals surface area contributed by atoms with Crippen molar-refractivity contribution in [2.75, 3.05) is 20.3 Å². The highest BCUT2D eigenvalue weighted by Gasteiger charge is 2.39. The highest BCUT2D eigenvalue weighted by atomic mass is 35.5. The average molecular weight is 298 g/mol. The van der Waals surface area contributed by atoms with Crippen LogP contribution in [0.15, 0.2) is 18.2 Å². The van der Waals surface area contributed by atoms with Crippen molar-refractivity contribution >= 4 is 11.6 Å². The van der Waals surface area contributed by atoms with Gasteiger partial charge in [0.2, 0.25) is 0 Å². The van der Waals surface area contributed by atoms with Gasteiger partial charge in [0.15, 0.2) is 0 Å². The van der Waals surface area contributed by atoms with Gasteiger partial charge in [-0.05, 0) is 50.4 Å². The van der Waals surface area contributed by atoms with Crippen LogP contribution in [-0.2, 0) is 4.74 Å². The molecule has 0 aromatic heterocycles. The lowest BCUT2D eigenvalue weighted by molar-refractivity contribution is -0.0125. The van der Waals surface area contributed by atoms with E-state index in [9.17, 15) is 0 Å². The fraction of sp³-hybridized carbons (Fsp3) is 0.625. The first-order chi connectivity index (χ1) is 9.60. The Labute approximate surface area is 126 Å². The van der Waals surface area contributed by atoms with Crippen LogP contribution >= 0.6 is 11.6 Å². The minimum absolute atomic E-state index is 0.159.